The topological polar surface area (TPSA) is 48.1 Å². The number of hydrogen-bond acceptors (Lipinski definition) is 4. The number of nitrogens with zero attached hydrogens (tertiary/aromatic N) is 1. The number of aromatic nitrogens is 1. The van der Waals surface area contributed by atoms with Crippen LogP contribution in [0, 0.1) is 5.82 Å². The molecule has 0 saturated heterocycles. The van der Waals surface area contributed by atoms with E-state index < -0.39 is 0 Å². The zero-order valence-corrected chi connectivity index (χ0v) is 11.2. The second-order valence-electron chi connectivity index (χ2n) is 3.93. The Labute approximate surface area is 116 Å². The monoisotopic (exact) mass is 278 g/mol. The first-order valence-corrected chi connectivity index (χ1v) is 6.95. The zero-order chi connectivity index (χ0) is 13.5. The van der Waals surface area contributed by atoms with Crippen LogP contribution in [-0.2, 0) is 0 Å². The fraction of sp³-hybridized carbons (Fsp3) is 0.214. The molecule has 0 aliphatic rings. The van der Waals surface area contributed by atoms with Crippen LogP contribution in [0.1, 0.15) is 6.42 Å². The molecule has 2 N–H and O–H groups in total. The Balaban J connectivity index is 1.64. The zero-order valence-electron chi connectivity index (χ0n) is 10.4. The highest BCUT2D eigenvalue weighted by atomic mass is 32.2. The quantitative estimate of drug-likeness (QED) is 0.650. The average Bonchev–Trinajstić information content (AvgIpc) is 2.43. The third-order valence-corrected chi connectivity index (χ3v) is 3.41. The molecule has 0 spiro atoms. The molecule has 0 saturated carbocycles. The van der Waals surface area contributed by atoms with Gasteiger partial charge in [0.25, 0.3) is 0 Å². The van der Waals surface area contributed by atoms with Gasteiger partial charge in [0.15, 0.2) is 0 Å². The van der Waals surface area contributed by atoms with Crippen LogP contribution in [0.2, 0.25) is 0 Å². The van der Waals surface area contributed by atoms with Crippen LogP contribution in [0.5, 0.6) is 5.75 Å². The fourth-order valence-electron chi connectivity index (χ4n) is 1.43. The van der Waals surface area contributed by atoms with Crippen LogP contribution in [0.3, 0.4) is 0 Å². The summed E-state index contributed by atoms with van der Waals surface area (Å²) in [5.41, 5.74) is 6.23. The van der Waals surface area contributed by atoms with Crippen molar-refractivity contribution in [1.82, 2.24) is 4.98 Å². The molecule has 0 aliphatic carbocycles. The van der Waals surface area contributed by atoms with Crippen molar-refractivity contribution in [2.24, 2.45) is 0 Å². The number of halogens is 1. The molecule has 2 rings (SSSR count). The lowest BCUT2D eigenvalue weighted by Crippen LogP contribution is -1.98. The van der Waals surface area contributed by atoms with Gasteiger partial charge in [-0.3, -0.25) is 0 Å². The van der Waals surface area contributed by atoms with Crippen molar-refractivity contribution >= 4 is 17.4 Å². The summed E-state index contributed by atoms with van der Waals surface area (Å²) in [4.78, 5) is 4.20. The van der Waals surface area contributed by atoms with Gasteiger partial charge in [-0.1, -0.05) is 0 Å². The number of thioether (sulfide) groups is 1. The molecule has 1 aromatic heterocycles. The second-order valence-corrected chi connectivity index (χ2v) is 5.05. The SMILES string of the molecule is Nc1ccc(SCCCOc2ccc(F)cc2)nc1. The van der Waals surface area contributed by atoms with Crippen LogP contribution >= 0.6 is 11.8 Å². The molecular weight excluding hydrogens is 263 g/mol. The molecule has 0 fully saturated rings. The van der Waals surface area contributed by atoms with E-state index >= 15 is 0 Å². The molecule has 0 aliphatic heterocycles. The Hall–Kier alpha value is -1.75. The molecule has 0 radical (unpaired) electrons. The number of rotatable bonds is 6. The van der Waals surface area contributed by atoms with Crippen molar-refractivity contribution in [2.45, 2.75) is 11.4 Å². The Morgan fingerprint density at radius 1 is 1.16 bits per heavy atom. The molecule has 1 aromatic carbocycles. The number of benzene rings is 1. The molecule has 0 bridgehead atoms. The largest absolute Gasteiger partial charge is 0.494 e. The second kappa shape index (κ2) is 6.99. The Morgan fingerprint density at radius 3 is 2.63 bits per heavy atom. The van der Waals surface area contributed by atoms with Gasteiger partial charge >= 0.3 is 0 Å². The first-order chi connectivity index (χ1) is 9.24. The first-order valence-electron chi connectivity index (χ1n) is 5.97. The lowest BCUT2D eigenvalue weighted by molar-refractivity contribution is 0.318. The van der Waals surface area contributed by atoms with Crippen molar-refractivity contribution in [3.63, 3.8) is 0 Å². The van der Waals surface area contributed by atoms with Gasteiger partial charge in [0.1, 0.15) is 11.6 Å². The van der Waals surface area contributed by atoms with E-state index in [2.05, 4.69) is 4.98 Å². The lowest BCUT2D eigenvalue weighted by atomic mass is 10.3. The molecule has 100 valence electrons. The summed E-state index contributed by atoms with van der Waals surface area (Å²) in [6, 6.07) is 9.78. The predicted molar refractivity (Wildman–Crippen MR) is 75.9 cm³/mol. The lowest BCUT2D eigenvalue weighted by Gasteiger charge is -2.05. The Kier molecular flexibility index (Phi) is 5.03. The molecule has 3 nitrogen and oxygen atoms in total. The highest BCUT2D eigenvalue weighted by Gasteiger charge is 1.97. The van der Waals surface area contributed by atoms with Crippen LogP contribution < -0.4 is 10.5 Å². The van der Waals surface area contributed by atoms with E-state index in [-0.39, 0.29) is 5.82 Å². The van der Waals surface area contributed by atoms with E-state index in [4.69, 9.17) is 10.5 Å². The van der Waals surface area contributed by atoms with Gasteiger partial charge < -0.3 is 10.5 Å². The maximum Gasteiger partial charge on any atom is 0.123 e. The number of pyridine rings is 1. The van der Waals surface area contributed by atoms with E-state index in [1.165, 1.54) is 12.1 Å². The minimum Gasteiger partial charge on any atom is -0.494 e. The number of nitrogen functional groups attached to an aromatic ring is 1. The van der Waals surface area contributed by atoms with Crippen molar-refractivity contribution in [1.29, 1.82) is 0 Å². The van der Waals surface area contributed by atoms with E-state index in [0.29, 0.717) is 18.0 Å². The molecule has 19 heavy (non-hydrogen) atoms. The summed E-state index contributed by atoms with van der Waals surface area (Å²) in [5, 5.41) is 0.955. The molecule has 0 amide bonds. The molecule has 0 unspecified atom stereocenters. The van der Waals surface area contributed by atoms with Crippen molar-refractivity contribution in [3.05, 3.63) is 48.4 Å². The van der Waals surface area contributed by atoms with E-state index in [1.54, 1.807) is 30.1 Å². The van der Waals surface area contributed by atoms with Crippen LogP contribution in [0.25, 0.3) is 0 Å². The molecular formula is C14H15FN2OS. The minimum absolute atomic E-state index is 0.252. The molecule has 5 heteroatoms. The van der Waals surface area contributed by atoms with E-state index in [9.17, 15) is 4.39 Å². The fourth-order valence-corrected chi connectivity index (χ4v) is 2.20. The maximum atomic E-state index is 12.7. The van der Waals surface area contributed by atoms with Gasteiger partial charge in [-0.05, 0) is 42.8 Å². The summed E-state index contributed by atoms with van der Waals surface area (Å²) in [6.45, 7) is 0.605. The third kappa shape index (κ3) is 4.79. The number of nitrogens with two attached hydrogens (primary N) is 1. The van der Waals surface area contributed by atoms with Crippen LogP contribution in [-0.4, -0.2) is 17.3 Å². The average molecular weight is 278 g/mol. The smallest absolute Gasteiger partial charge is 0.123 e. The van der Waals surface area contributed by atoms with Gasteiger partial charge in [-0.2, -0.15) is 0 Å². The van der Waals surface area contributed by atoms with Crippen LogP contribution in [0.15, 0.2) is 47.6 Å². The molecule has 0 atom stereocenters. The Morgan fingerprint density at radius 2 is 1.95 bits per heavy atom. The van der Waals surface area contributed by atoms with Gasteiger partial charge in [-0.25, -0.2) is 9.37 Å². The maximum absolute atomic E-state index is 12.7. The first kappa shape index (κ1) is 13.7. The van der Waals surface area contributed by atoms with Gasteiger partial charge in [0.2, 0.25) is 0 Å². The summed E-state index contributed by atoms with van der Waals surface area (Å²) < 4.78 is 18.2. The van der Waals surface area contributed by atoms with E-state index in [0.717, 1.165) is 17.2 Å². The Bertz CT molecular complexity index is 454. The summed E-state index contributed by atoms with van der Waals surface area (Å²) >= 11 is 1.66. The minimum atomic E-state index is -0.252. The van der Waals surface area contributed by atoms with Gasteiger partial charge in [-0.15, -0.1) is 11.8 Å². The normalized spacial score (nSPS) is 10.4. The standard InChI is InChI=1S/C14H15FN2OS/c15-11-2-5-13(6-3-11)18-8-1-9-19-14-7-4-12(16)10-17-14/h2-7,10H,1,8-9,16H2. The number of hydrogen-bond donors (Lipinski definition) is 1. The molecule has 2 aromatic rings. The van der Waals surface area contributed by atoms with Crippen molar-refractivity contribution < 1.29 is 9.13 Å². The van der Waals surface area contributed by atoms with Crippen molar-refractivity contribution in [3.8, 4) is 5.75 Å². The highest BCUT2D eigenvalue weighted by molar-refractivity contribution is 7.99. The third-order valence-electron chi connectivity index (χ3n) is 2.38. The predicted octanol–water partition coefficient (Wildman–Crippen LogP) is 3.36. The summed E-state index contributed by atoms with van der Waals surface area (Å²) in [6.07, 6.45) is 2.55. The van der Waals surface area contributed by atoms with E-state index in [1.807, 2.05) is 12.1 Å². The van der Waals surface area contributed by atoms with Crippen molar-refractivity contribution in [2.75, 3.05) is 18.1 Å². The van der Waals surface area contributed by atoms with Crippen LogP contribution in [0.4, 0.5) is 10.1 Å². The van der Waals surface area contributed by atoms with Gasteiger partial charge in [0, 0.05) is 5.75 Å². The number of anilines is 1. The molecule has 1 heterocycles. The number of ether oxygens (including phenoxy) is 1. The van der Waals surface area contributed by atoms with Gasteiger partial charge in [0.05, 0.1) is 23.5 Å². The summed E-state index contributed by atoms with van der Waals surface area (Å²) in [5.74, 6) is 1.35. The summed E-state index contributed by atoms with van der Waals surface area (Å²) in [7, 11) is 0. The highest BCUT2D eigenvalue weighted by Crippen LogP contribution is 2.17.